The molecule has 0 bridgehead atoms. The van der Waals surface area contributed by atoms with Crippen LogP contribution in [0.2, 0.25) is 0 Å². The molecule has 0 spiro atoms. The number of nitrogens with two attached hydrogens (primary N) is 1. The van der Waals surface area contributed by atoms with Crippen molar-refractivity contribution in [3.05, 3.63) is 106 Å². The molecule has 1 aliphatic heterocycles. The average molecular weight is 452 g/mol. The van der Waals surface area contributed by atoms with E-state index in [-0.39, 0.29) is 21.7 Å². The second kappa shape index (κ2) is 7.93. The first-order chi connectivity index (χ1) is 15.2. The summed E-state index contributed by atoms with van der Waals surface area (Å²) in [6, 6.07) is 16.7. The number of aliphatic hydroxyl groups is 1. The monoisotopic (exact) mass is 452 g/mol. The molecule has 1 atom stereocenters. The molecule has 4 rings (SSSR count). The first-order valence-corrected chi connectivity index (χ1v) is 10.9. The molecule has 0 saturated carbocycles. The smallest absolute Gasteiger partial charge is 0.295 e. The molecule has 0 unspecified atom stereocenters. The van der Waals surface area contributed by atoms with E-state index >= 15 is 0 Å². The summed E-state index contributed by atoms with van der Waals surface area (Å²) in [7, 11) is -4.29. The Morgan fingerprint density at radius 2 is 1.53 bits per heavy atom. The molecule has 0 aromatic heterocycles. The van der Waals surface area contributed by atoms with Gasteiger partial charge in [-0.2, -0.15) is 0 Å². The highest BCUT2D eigenvalue weighted by Gasteiger charge is 2.47. The molecular formula is C23H17FN2O5S. The van der Waals surface area contributed by atoms with Crippen molar-refractivity contribution in [1.29, 1.82) is 0 Å². The molecule has 3 N–H and O–H groups in total. The van der Waals surface area contributed by atoms with Crippen LogP contribution in [0, 0.1) is 5.82 Å². The molecular weight excluding hydrogens is 435 g/mol. The first kappa shape index (κ1) is 21.3. The lowest BCUT2D eigenvalue weighted by atomic mass is 10.1. The molecule has 3 aromatic rings. The molecule has 9 heteroatoms. The van der Waals surface area contributed by atoms with E-state index in [4.69, 9.17) is 5.73 Å². The number of halogens is 1. The van der Waals surface area contributed by atoms with E-state index in [9.17, 15) is 27.5 Å². The summed E-state index contributed by atoms with van der Waals surface area (Å²) >= 11 is 0. The summed E-state index contributed by atoms with van der Waals surface area (Å²) in [6.45, 7) is 0. The van der Waals surface area contributed by atoms with Gasteiger partial charge >= 0.3 is 0 Å². The van der Waals surface area contributed by atoms with Gasteiger partial charge in [0, 0.05) is 11.3 Å². The Morgan fingerprint density at radius 3 is 2.09 bits per heavy atom. The SMILES string of the molecule is NC(=O)c1ccc(N2C(=O)C(O)=C(S(=O)(=O)c3ccccc3)[C@@H]2c2ccc(F)cc2)cc1. The number of nitrogens with zero attached hydrogens (tertiary/aromatic N) is 1. The Balaban J connectivity index is 1.91. The Bertz CT molecular complexity index is 1340. The van der Waals surface area contributed by atoms with Crippen molar-refractivity contribution < 1.29 is 27.5 Å². The van der Waals surface area contributed by atoms with Gasteiger partial charge < -0.3 is 10.8 Å². The van der Waals surface area contributed by atoms with Crippen LogP contribution < -0.4 is 10.6 Å². The highest BCUT2D eigenvalue weighted by Crippen LogP contribution is 2.44. The van der Waals surface area contributed by atoms with Crippen LogP contribution in [-0.4, -0.2) is 25.3 Å². The Kier molecular flexibility index (Phi) is 5.27. The van der Waals surface area contributed by atoms with Gasteiger partial charge in [-0.3, -0.25) is 14.5 Å². The van der Waals surface area contributed by atoms with Gasteiger partial charge in [-0.25, -0.2) is 12.8 Å². The molecule has 32 heavy (non-hydrogen) atoms. The number of rotatable bonds is 5. The third-order valence-electron chi connectivity index (χ3n) is 5.12. The largest absolute Gasteiger partial charge is 0.502 e. The Hall–Kier alpha value is -3.98. The minimum atomic E-state index is -4.29. The van der Waals surface area contributed by atoms with Crippen LogP contribution in [0.25, 0.3) is 0 Å². The summed E-state index contributed by atoms with van der Waals surface area (Å²) in [4.78, 5) is 24.9. The number of anilines is 1. The van der Waals surface area contributed by atoms with Crippen LogP contribution in [0.5, 0.6) is 0 Å². The van der Waals surface area contributed by atoms with E-state index in [2.05, 4.69) is 0 Å². The maximum atomic E-state index is 13.6. The topological polar surface area (TPSA) is 118 Å². The third kappa shape index (κ3) is 3.52. The van der Waals surface area contributed by atoms with Crippen molar-refractivity contribution in [2.45, 2.75) is 10.9 Å². The van der Waals surface area contributed by atoms with Gasteiger partial charge in [-0.1, -0.05) is 30.3 Å². The fourth-order valence-corrected chi connectivity index (χ4v) is 5.23. The number of sulfone groups is 1. The van der Waals surface area contributed by atoms with Gasteiger partial charge in [-0.05, 0) is 54.1 Å². The molecule has 0 fully saturated rings. The summed E-state index contributed by atoms with van der Waals surface area (Å²) in [5, 5.41) is 10.7. The van der Waals surface area contributed by atoms with Crippen molar-refractivity contribution in [3.8, 4) is 0 Å². The van der Waals surface area contributed by atoms with Gasteiger partial charge in [0.05, 0.1) is 4.90 Å². The number of aliphatic hydroxyl groups excluding tert-OH is 1. The van der Waals surface area contributed by atoms with Crippen LogP contribution in [-0.2, 0) is 14.6 Å². The lowest BCUT2D eigenvalue weighted by Crippen LogP contribution is -2.31. The number of carbonyl (C=O) groups excluding carboxylic acids is 2. The van der Waals surface area contributed by atoms with Gasteiger partial charge in [0.15, 0.2) is 5.76 Å². The van der Waals surface area contributed by atoms with E-state index in [1.165, 1.54) is 60.7 Å². The molecule has 3 aromatic carbocycles. The van der Waals surface area contributed by atoms with Crippen molar-refractivity contribution >= 4 is 27.3 Å². The highest BCUT2D eigenvalue weighted by atomic mass is 32.2. The van der Waals surface area contributed by atoms with E-state index in [1.54, 1.807) is 6.07 Å². The number of carbonyl (C=O) groups is 2. The van der Waals surface area contributed by atoms with E-state index < -0.39 is 44.2 Å². The van der Waals surface area contributed by atoms with Crippen molar-refractivity contribution in [2.75, 3.05) is 4.90 Å². The number of primary amides is 1. The van der Waals surface area contributed by atoms with Gasteiger partial charge in [-0.15, -0.1) is 0 Å². The quantitative estimate of drug-likeness (QED) is 0.616. The predicted octanol–water partition coefficient (Wildman–Crippen LogP) is 3.26. The second-order valence-electron chi connectivity index (χ2n) is 7.07. The van der Waals surface area contributed by atoms with E-state index in [1.807, 2.05) is 0 Å². The second-order valence-corrected chi connectivity index (χ2v) is 8.99. The molecule has 0 saturated heterocycles. The number of hydrogen-bond acceptors (Lipinski definition) is 5. The van der Waals surface area contributed by atoms with E-state index in [0.29, 0.717) is 0 Å². The van der Waals surface area contributed by atoms with Gasteiger partial charge in [0.2, 0.25) is 15.7 Å². The zero-order chi connectivity index (χ0) is 23.0. The van der Waals surface area contributed by atoms with E-state index in [0.717, 1.165) is 17.0 Å². The third-order valence-corrected chi connectivity index (χ3v) is 7.01. The van der Waals surface area contributed by atoms with Crippen LogP contribution in [0.15, 0.2) is 94.4 Å². The first-order valence-electron chi connectivity index (χ1n) is 9.44. The van der Waals surface area contributed by atoms with Gasteiger partial charge in [0.25, 0.3) is 5.91 Å². The number of amides is 2. The number of hydrogen-bond donors (Lipinski definition) is 2. The summed E-state index contributed by atoms with van der Waals surface area (Å²) in [5.41, 5.74) is 5.94. The lowest BCUT2D eigenvalue weighted by Gasteiger charge is -2.27. The molecule has 1 aliphatic rings. The normalized spacial score (nSPS) is 16.5. The van der Waals surface area contributed by atoms with Crippen molar-refractivity contribution in [2.24, 2.45) is 5.73 Å². The van der Waals surface area contributed by atoms with Gasteiger partial charge in [0.1, 0.15) is 16.8 Å². The van der Waals surface area contributed by atoms with Crippen molar-refractivity contribution in [3.63, 3.8) is 0 Å². The maximum absolute atomic E-state index is 13.6. The lowest BCUT2D eigenvalue weighted by molar-refractivity contribution is -0.117. The molecule has 162 valence electrons. The van der Waals surface area contributed by atoms with Crippen LogP contribution in [0.4, 0.5) is 10.1 Å². The highest BCUT2D eigenvalue weighted by molar-refractivity contribution is 7.95. The fraction of sp³-hybridized carbons (Fsp3) is 0.0435. The molecule has 0 aliphatic carbocycles. The standard InChI is InChI=1S/C23H17FN2O5S/c24-16-10-6-14(7-11-16)19-21(32(30,31)18-4-2-1-3-5-18)20(27)23(29)26(19)17-12-8-15(9-13-17)22(25)28/h1-13,19,27H,(H2,25,28)/t19-/m0/s1. The average Bonchev–Trinajstić information content (AvgIpc) is 3.06. The number of benzene rings is 3. The molecule has 0 radical (unpaired) electrons. The zero-order valence-electron chi connectivity index (χ0n) is 16.5. The molecule has 2 amide bonds. The maximum Gasteiger partial charge on any atom is 0.295 e. The van der Waals surface area contributed by atoms with Crippen molar-refractivity contribution in [1.82, 2.24) is 0 Å². The predicted molar refractivity (Wildman–Crippen MR) is 115 cm³/mol. The fourth-order valence-electron chi connectivity index (χ4n) is 3.58. The molecule has 1 heterocycles. The minimum absolute atomic E-state index is 0.104. The minimum Gasteiger partial charge on any atom is -0.502 e. The Labute approximate surface area is 183 Å². The Morgan fingerprint density at radius 1 is 0.938 bits per heavy atom. The van der Waals surface area contributed by atoms with Crippen LogP contribution >= 0.6 is 0 Å². The molecule has 7 nitrogen and oxygen atoms in total. The van der Waals surface area contributed by atoms with Crippen LogP contribution in [0.3, 0.4) is 0 Å². The zero-order valence-corrected chi connectivity index (χ0v) is 17.3. The van der Waals surface area contributed by atoms with Crippen LogP contribution in [0.1, 0.15) is 22.0 Å². The summed E-state index contributed by atoms with van der Waals surface area (Å²) < 4.78 is 40.4. The summed E-state index contributed by atoms with van der Waals surface area (Å²) in [5.74, 6) is -3.09. The summed E-state index contributed by atoms with van der Waals surface area (Å²) in [6.07, 6.45) is 0.